The molecule has 40 heavy (non-hydrogen) atoms. The van der Waals surface area contributed by atoms with Gasteiger partial charge in [0.15, 0.2) is 18.3 Å². The number of hydrogen-bond acceptors (Lipinski definition) is 13. The normalized spacial score (nSPS) is 38.8. The standard InChI is InChI=1S/C27H36O12S/c1-13(28)34-12-20(35-14(2)29)22(36-15(3)30)23-21-19(37-25(32)38-21)11-27(39-23,24(31)33-4)40-26-8-16-5-17(9-26)7-18(6-16)10-26/h16-23H,5-12H2,1-4H3/t16?,17?,18?,19-,20+,21+,22+,23+,26?,27-/m0/s1. The Morgan fingerprint density at radius 3 is 2.02 bits per heavy atom. The Balaban J connectivity index is 1.52. The highest BCUT2D eigenvalue weighted by Crippen LogP contribution is 2.64. The van der Waals surface area contributed by atoms with E-state index in [9.17, 15) is 24.0 Å². The van der Waals surface area contributed by atoms with Crippen molar-refractivity contribution in [3.05, 3.63) is 0 Å². The monoisotopic (exact) mass is 584 g/mol. The molecule has 2 heterocycles. The molecule has 0 radical (unpaired) electrons. The zero-order valence-electron chi connectivity index (χ0n) is 23.1. The zero-order valence-corrected chi connectivity index (χ0v) is 23.9. The van der Waals surface area contributed by atoms with E-state index in [4.69, 9.17) is 33.2 Å². The Kier molecular flexibility index (Phi) is 7.99. The molecule has 2 saturated heterocycles. The van der Waals surface area contributed by atoms with E-state index >= 15 is 0 Å². The lowest BCUT2D eigenvalue weighted by atomic mass is 9.56. The van der Waals surface area contributed by atoms with E-state index in [2.05, 4.69) is 0 Å². The third-order valence-corrected chi connectivity index (χ3v) is 10.3. The maximum atomic E-state index is 13.6. The van der Waals surface area contributed by atoms with Crippen molar-refractivity contribution in [2.24, 2.45) is 17.8 Å². The Bertz CT molecular complexity index is 1020. The van der Waals surface area contributed by atoms with Crippen LogP contribution in [0.15, 0.2) is 0 Å². The smallest absolute Gasteiger partial charge is 0.466 e. The van der Waals surface area contributed by atoms with E-state index in [1.54, 1.807) is 0 Å². The van der Waals surface area contributed by atoms with Crippen molar-refractivity contribution >= 4 is 41.8 Å². The second kappa shape index (κ2) is 11.0. The molecule has 0 aromatic carbocycles. The summed E-state index contributed by atoms with van der Waals surface area (Å²) < 4.78 is 38.6. The van der Waals surface area contributed by atoms with Gasteiger partial charge in [-0.25, -0.2) is 9.59 Å². The molecule has 4 bridgehead atoms. The van der Waals surface area contributed by atoms with Crippen LogP contribution in [0.1, 0.15) is 65.7 Å². The van der Waals surface area contributed by atoms with Crippen LogP contribution in [-0.2, 0) is 52.3 Å². The number of methoxy groups -OCH3 is 1. The van der Waals surface area contributed by atoms with Crippen molar-refractivity contribution in [1.82, 2.24) is 0 Å². The largest absolute Gasteiger partial charge is 0.509 e. The van der Waals surface area contributed by atoms with E-state index in [0.717, 1.165) is 33.1 Å². The third kappa shape index (κ3) is 5.77. The predicted octanol–water partition coefficient (Wildman–Crippen LogP) is 2.68. The van der Waals surface area contributed by atoms with Crippen LogP contribution in [0.2, 0.25) is 0 Å². The minimum absolute atomic E-state index is 0.0338. The van der Waals surface area contributed by atoms with Crippen LogP contribution >= 0.6 is 11.8 Å². The number of ether oxygens (including phenoxy) is 7. The second-order valence-electron chi connectivity index (χ2n) is 11.7. The summed E-state index contributed by atoms with van der Waals surface area (Å²) in [6.45, 7) is 3.01. The summed E-state index contributed by atoms with van der Waals surface area (Å²) in [5, 5.41) is 0. The zero-order chi connectivity index (χ0) is 28.8. The van der Waals surface area contributed by atoms with Gasteiger partial charge in [0, 0.05) is 31.9 Å². The van der Waals surface area contributed by atoms with Crippen LogP contribution < -0.4 is 0 Å². The maximum Gasteiger partial charge on any atom is 0.509 e. The summed E-state index contributed by atoms with van der Waals surface area (Å²) in [5.41, 5.74) is 0. The highest BCUT2D eigenvalue weighted by atomic mass is 32.2. The van der Waals surface area contributed by atoms with Crippen LogP contribution in [0.3, 0.4) is 0 Å². The first kappa shape index (κ1) is 29.0. The first-order valence-electron chi connectivity index (χ1n) is 13.7. The summed E-state index contributed by atoms with van der Waals surface area (Å²) in [5.74, 6) is -1.05. The van der Waals surface area contributed by atoms with Gasteiger partial charge in [-0.3, -0.25) is 14.4 Å². The van der Waals surface area contributed by atoms with Gasteiger partial charge in [0.05, 0.1) is 7.11 Å². The van der Waals surface area contributed by atoms with E-state index in [-0.39, 0.29) is 11.2 Å². The Hall–Kier alpha value is -2.54. The molecule has 6 fully saturated rings. The minimum atomic E-state index is -1.62. The molecule has 4 aliphatic carbocycles. The predicted molar refractivity (Wildman–Crippen MR) is 136 cm³/mol. The Morgan fingerprint density at radius 1 is 0.900 bits per heavy atom. The first-order chi connectivity index (χ1) is 18.9. The van der Waals surface area contributed by atoms with Crippen molar-refractivity contribution in [3.8, 4) is 0 Å². The van der Waals surface area contributed by atoms with Gasteiger partial charge in [-0.05, 0) is 56.3 Å². The van der Waals surface area contributed by atoms with Crippen molar-refractivity contribution in [2.45, 2.75) is 106 Å². The molecule has 0 N–H and O–H groups in total. The summed E-state index contributed by atoms with van der Waals surface area (Å²) in [6, 6.07) is 0. The third-order valence-electron chi connectivity index (χ3n) is 8.59. The highest BCUT2D eigenvalue weighted by molar-refractivity contribution is 8.02. The summed E-state index contributed by atoms with van der Waals surface area (Å²) in [7, 11) is 1.26. The number of rotatable bonds is 9. The maximum absolute atomic E-state index is 13.6. The lowest BCUT2D eigenvalue weighted by Gasteiger charge is -2.58. The van der Waals surface area contributed by atoms with Crippen LogP contribution in [-0.4, -0.2) is 83.9 Å². The number of hydrogen-bond donors (Lipinski definition) is 0. The molecule has 0 spiro atoms. The SMILES string of the molecule is COC(=O)[C@@]1(SC23CC4CC(CC(C4)C2)C3)C[C@@H]2OC(=O)O[C@H]2[C@H]([C@H](OC(C)=O)[C@@H](COC(C)=O)OC(C)=O)O1. The molecule has 222 valence electrons. The van der Waals surface area contributed by atoms with E-state index < -0.39 is 72.1 Å². The molecule has 0 aromatic heterocycles. The average molecular weight is 585 g/mol. The van der Waals surface area contributed by atoms with Crippen LogP contribution in [0.25, 0.3) is 0 Å². The van der Waals surface area contributed by atoms with Crippen molar-refractivity contribution in [1.29, 1.82) is 0 Å². The van der Waals surface area contributed by atoms with Crippen molar-refractivity contribution < 1.29 is 57.1 Å². The van der Waals surface area contributed by atoms with Gasteiger partial charge in [0.1, 0.15) is 18.8 Å². The van der Waals surface area contributed by atoms with E-state index in [1.165, 1.54) is 45.1 Å². The van der Waals surface area contributed by atoms with Gasteiger partial charge in [0.25, 0.3) is 0 Å². The highest BCUT2D eigenvalue weighted by Gasteiger charge is 2.65. The molecular weight excluding hydrogens is 548 g/mol. The van der Waals surface area contributed by atoms with Crippen LogP contribution in [0.5, 0.6) is 0 Å². The van der Waals surface area contributed by atoms with Gasteiger partial charge < -0.3 is 33.2 Å². The lowest BCUT2D eigenvalue weighted by Crippen LogP contribution is -2.64. The van der Waals surface area contributed by atoms with Gasteiger partial charge >= 0.3 is 30.0 Å². The lowest BCUT2D eigenvalue weighted by molar-refractivity contribution is -0.226. The fourth-order valence-corrected chi connectivity index (χ4v) is 9.98. The number of esters is 4. The molecule has 6 rings (SSSR count). The molecule has 0 aromatic rings. The minimum Gasteiger partial charge on any atom is -0.466 e. The summed E-state index contributed by atoms with van der Waals surface area (Å²) in [4.78, 5) is 60.2. The number of thioether (sulfide) groups is 1. The average Bonchev–Trinajstić information content (AvgIpc) is 3.22. The molecule has 6 atom stereocenters. The fourth-order valence-electron chi connectivity index (χ4n) is 7.75. The topological polar surface area (TPSA) is 150 Å². The first-order valence-corrected chi connectivity index (χ1v) is 14.5. The van der Waals surface area contributed by atoms with Gasteiger partial charge in [-0.1, -0.05) is 0 Å². The molecular formula is C27H36O12S. The molecule has 12 nitrogen and oxygen atoms in total. The quantitative estimate of drug-likeness (QED) is 0.289. The van der Waals surface area contributed by atoms with Crippen LogP contribution in [0.4, 0.5) is 4.79 Å². The fraction of sp³-hybridized carbons (Fsp3) is 0.815. The molecule has 0 amide bonds. The molecule has 13 heteroatoms. The molecule has 0 unspecified atom stereocenters. The van der Waals surface area contributed by atoms with Gasteiger partial charge in [0.2, 0.25) is 4.93 Å². The van der Waals surface area contributed by atoms with Crippen LogP contribution in [0, 0.1) is 17.8 Å². The Labute approximate surface area is 236 Å². The van der Waals surface area contributed by atoms with Gasteiger partial charge in [-0.2, -0.15) is 0 Å². The summed E-state index contributed by atoms with van der Waals surface area (Å²) in [6.07, 6.45) is -0.670. The summed E-state index contributed by atoms with van der Waals surface area (Å²) >= 11 is 1.42. The Morgan fingerprint density at radius 2 is 1.50 bits per heavy atom. The second-order valence-corrected chi connectivity index (χ2v) is 13.5. The number of fused-ring (bicyclic) bond motifs is 1. The van der Waals surface area contributed by atoms with Crippen molar-refractivity contribution in [3.63, 3.8) is 0 Å². The molecule has 2 aliphatic heterocycles. The van der Waals surface area contributed by atoms with Gasteiger partial charge in [-0.15, -0.1) is 11.8 Å². The number of carbonyl (C=O) groups is 5. The van der Waals surface area contributed by atoms with E-state index in [1.807, 2.05) is 0 Å². The molecule has 4 saturated carbocycles. The molecule has 6 aliphatic rings. The van der Waals surface area contributed by atoms with Crippen molar-refractivity contribution in [2.75, 3.05) is 13.7 Å². The van der Waals surface area contributed by atoms with E-state index in [0.29, 0.717) is 17.8 Å². The number of carbonyl (C=O) groups excluding carboxylic acids is 5.